The summed E-state index contributed by atoms with van der Waals surface area (Å²) in [4.78, 5) is 29.7. The van der Waals surface area contributed by atoms with Gasteiger partial charge in [-0.25, -0.2) is 8.42 Å². The summed E-state index contributed by atoms with van der Waals surface area (Å²) in [6, 6.07) is 14.1. The third-order valence-corrected chi connectivity index (χ3v) is 8.77. The Morgan fingerprint density at radius 1 is 0.886 bits per heavy atom. The summed E-state index contributed by atoms with van der Waals surface area (Å²) >= 11 is 0. The van der Waals surface area contributed by atoms with Crippen LogP contribution < -0.4 is 15.1 Å². The van der Waals surface area contributed by atoms with E-state index in [4.69, 9.17) is 4.74 Å². The Morgan fingerprint density at radius 2 is 1.51 bits per heavy atom. The van der Waals surface area contributed by atoms with E-state index < -0.39 is 15.9 Å². The number of anilines is 3. The van der Waals surface area contributed by atoms with E-state index in [1.165, 1.54) is 29.3 Å². The van der Waals surface area contributed by atoms with E-state index in [0.29, 0.717) is 38.5 Å². The van der Waals surface area contributed by atoms with Crippen molar-refractivity contribution in [3.63, 3.8) is 0 Å². The van der Waals surface area contributed by atoms with Gasteiger partial charge in [0.15, 0.2) is 0 Å². The fourth-order valence-corrected chi connectivity index (χ4v) is 6.25. The van der Waals surface area contributed by atoms with Crippen LogP contribution >= 0.6 is 0 Å². The van der Waals surface area contributed by atoms with Crippen LogP contribution in [0.2, 0.25) is 0 Å². The lowest BCUT2D eigenvalue weighted by Gasteiger charge is -2.26. The standard InChI is InChI=1S/C25H30N4O5S/c30-24-17-19(18-29(24)22-7-5-21(6-8-22)27-11-1-2-12-27)25(31)26-20-3-9-23(10-4-20)35(32,33)28-13-15-34-16-14-28/h3-10,19H,1-2,11-18H2,(H,26,31). The van der Waals surface area contributed by atoms with Gasteiger partial charge in [0.25, 0.3) is 0 Å². The molecule has 9 nitrogen and oxygen atoms in total. The zero-order valence-electron chi connectivity index (χ0n) is 19.6. The van der Waals surface area contributed by atoms with Crippen molar-refractivity contribution < 1.29 is 22.7 Å². The lowest BCUT2D eigenvalue weighted by atomic mass is 10.1. The molecule has 3 aliphatic heterocycles. The lowest BCUT2D eigenvalue weighted by Crippen LogP contribution is -2.40. The van der Waals surface area contributed by atoms with Crippen molar-refractivity contribution in [2.75, 3.05) is 61.1 Å². The quantitative estimate of drug-likeness (QED) is 0.656. The van der Waals surface area contributed by atoms with Crippen LogP contribution in [0.25, 0.3) is 0 Å². The van der Waals surface area contributed by atoms with Crippen molar-refractivity contribution in [3.8, 4) is 0 Å². The van der Waals surface area contributed by atoms with Crippen LogP contribution in [0.3, 0.4) is 0 Å². The number of carbonyl (C=O) groups is 2. The third-order valence-electron chi connectivity index (χ3n) is 6.86. The molecule has 3 heterocycles. The Balaban J connectivity index is 1.20. The average Bonchev–Trinajstić information content (AvgIpc) is 3.55. The van der Waals surface area contributed by atoms with Crippen LogP contribution in [0.4, 0.5) is 17.1 Å². The summed E-state index contributed by atoms with van der Waals surface area (Å²) in [6.45, 7) is 3.86. The number of hydrogen-bond acceptors (Lipinski definition) is 6. The van der Waals surface area contributed by atoms with Crippen molar-refractivity contribution in [3.05, 3.63) is 48.5 Å². The van der Waals surface area contributed by atoms with Crippen LogP contribution in [0.15, 0.2) is 53.4 Å². The van der Waals surface area contributed by atoms with Crippen LogP contribution in [-0.4, -0.2) is 70.5 Å². The second-order valence-corrected chi connectivity index (χ2v) is 11.1. The molecular weight excluding hydrogens is 468 g/mol. The summed E-state index contributed by atoms with van der Waals surface area (Å²) in [6.07, 6.45) is 2.55. The van der Waals surface area contributed by atoms with Gasteiger partial charge in [-0.15, -0.1) is 0 Å². The molecule has 1 unspecified atom stereocenters. The first-order chi connectivity index (χ1) is 16.9. The van der Waals surface area contributed by atoms with Gasteiger partial charge in [0.05, 0.1) is 24.0 Å². The van der Waals surface area contributed by atoms with Crippen molar-refractivity contribution in [2.24, 2.45) is 5.92 Å². The highest BCUT2D eigenvalue weighted by molar-refractivity contribution is 7.89. The number of sulfonamides is 1. The predicted octanol–water partition coefficient (Wildman–Crippen LogP) is 2.30. The number of carbonyl (C=O) groups excluding carboxylic acids is 2. The Labute approximate surface area is 205 Å². The number of ether oxygens (including phenoxy) is 1. The number of nitrogens with zero attached hydrogens (tertiary/aromatic N) is 3. The normalized spacial score (nSPS) is 21.5. The van der Waals surface area contributed by atoms with Crippen LogP contribution in [0, 0.1) is 5.92 Å². The molecule has 186 valence electrons. The lowest BCUT2D eigenvalue weighted by molar-refractivity contribution is -0.122. The molecule has 2 aromatic rings. The number of nitrogens with one attached hydrogen (secondary N) is 1. The van der Waals surface area contributed by atoms with Crippen molar-refractivity contribution in [1.29, 1.82) is 0 Å². The number of morpholine rings is 1. The molecule has 0 radical (unpaired) electrons. The summed E-state index contributed by atoms with van der Waals surface area (Å²) in [5, 5.41) is 2.83. The first-order valence-corrected chi connectivity index (χ1v) is 13.5. The summed E-state index contributed by atoms with van der Waals surface area (Å²) in [7, 11) is -3.59. The van der Waals surface area contributed by atoms with Crippen LogP contribution in [-0.2, 0) is 24.3 Å². The molecule has 3 fully saturated rings. The molecule has 1 atom stereocenters. The van der Waals surface area contributed by atoms with E-state index in [1.54, 1.807) is 17.0 Å². The number of benzene rings is 2. The zero-order valence-corrected chi connectivity index (χ0v) is 20.4. The maximum Gasteiger partial charge on any atom is 0.243 e. The first kappa shape index (κ1) is 23.8. The van der Waals surface area contributed by atoms with Gasteiger partial charge in [0.1, 0.15) is 0 Å². The maximum absolute atomic E-state index is 12.9. The van der Waals surface area contributed by atoms with Gasteiger partial charge in [0.2, 0.25) is 21.8 Å². The predicted molar refractivity (Wildman–Crippen MR) is 133 cm³/mol. The Kier molecular flexibility index (Phi) is 6.77. The fourth-order valence-electron chi connectivity index (χ4n) is 4.84. The number of amides is 2. The first-order valence-electron chi connectivity index (χ1n) is 12.1. The smallest absolute Gasteiger partial charge is 0.243 e. The van der Waals surface area contributed by atoms with Crippen LogP contribution in [0.5, 0.6) is 0 Å². The SMILES string of the molecule is O=C(Nc1ccc(S(=O)(=O)N2CCOCC2)cc1)C1CC(=O)N(c2ccc(N3CCCC3)cc2)C1. The highest BCUT2D eigenvalue weighted by Crippen LogP contribution is 2.29. The molecule has 0 spiro atoms. The molecule has 0 aromatic heterocycles. The number of rotatable bonds is 6. The van der Waals surface area contributed by atoms with Gasteiger partial charge in [-0.1, -0.05) is 0 Å². The van der Waals surface area contributed by atoms with Crippen molar-refractivity contribution in [2.45, 2.75) is 24.2 Å². The van der Waals surface area contributed by atoms with E-state index in [-0.39, 0.29) is 23.1 Å². The maximum atomic E-state index is 12.9. The minimum Gasteiger partial charge on any atom is -0.379 e. The van der Waals surface area contributed by atoms with E-state index in [2.05, 4.69) is 10.2 Å². The minimum atomic E-state index is -3.59. The van der Waals surface area contributed by atoms with E-state index in [1.807, 2.05) is 24.3 Å². The van der Waals surface area contributed by atoms with Crippen molar-refractivity contribution in [1.82, 2.24) is 4.31 Å². The topological polar surface area (TPSA) is 99.3 Å². The highest BCUT2D eigenvalue weighted by atomic mass is 32.2. The van der Waals surface area contributed by atoms with Gasteiger partial charge in [-0.05, 0) is 61.4 Å². The van der Waals surface area contributed by atoms with E-state index >= 15 is 0 Å². The van der Waals surface area contributed by atoms with Crippen LogP contribution in [0.1, 0.15) is 19.3 Å². The molecule has 35 heavy (non-hydrogen) atoms. The largest absolute Gasteiger partial charge is 0.379 e. The average molecular weight is 499 g/mol. The molecule has 5 rings (SSSR count). The van der Waals surface area contributed by atoms with Gasteiger partial charge in [-0.3, -0.25) is 9.59 Å². The summed E-state index contributed by atoms with van der Waals surface area (Å²) < 4.78 is 32.2. The minimum absolute atomic E-state index is 0.0778. The fraction of sp³-hybridized carbons (Fsp3) is 0.440. The zero-order chi connectivity index (χ0) is 24.4. The molecular formula is C25H30N4O5S. The summed E-state index contributed by atoms with van der Waals surface area (Å²) in [5.41, 5.74) is 2.45. The van der Waals surface area contributed by atoms with Gasteiger partial charge in [0, 0.05) is 56.2 Å². The summed E-state index contributed by atoms with van der Waals surface area (Å²) in [5.74, 6) is -0.804. The molecule has 10 heteroatoms. The van der Waals surface area contributed by atoms with E-state index in [9.17, 15) is 18.0 Å². The molecule has 1 N–H and O–H groups in total. The molecule has 2 amide bonds. The molecule has 3 saturated heterocycles. The monoisotopic (exact) mass is 498 g/mol. The number of hydrogen-bond donors (Lipinski definition) is 1. The Bertz CT molecular complexity index is 1170. The third kappa shape index (κ3) is 5.05. The van der Waals surface area contributed by atoms with E-state index in [0.717, 1.165) is 24.5 Å². The van der Waals surface area contributed by atoms with Gasteiger partial charge < -0.3 is 19.9 Å². The molecule has 0 aliphatic carbocycles. The van der Waals surface area contributed by atoms with Gasteiger partial charge >= 0.3 is 0 Å². The second kappa shape index (κ2) is 9.96. The Hall–Kier alpha value is -2.95. The van der Waals surface area contributed by atoms with Gasteiger partial charge in [-0.2, -0.15) is 4.31 Å². The highest BCUT2D eigenvalue weighted by Gasteiger charge is 2.35. The second-order valence-electron chi connectivity index (χ2n) is 9.15. The molecule has 2 aromatic carbocycles. The Morgan fingerprint density at radius 3 is 2.17 bits per heavy atom. The molecule has 0 bridgehead atoms. The van der Waals surface area contributed by atoms with Crippen molar-refractivity contribution >= 4 is 38.9 Å². The molecule has 3 aliphatic rings. The molecule has 0 saturated carbocycles.